The molecule has 7 nitrogen and oxygen atoms in total. The first-order chi connectivity index (χ1) is 14.1. The number of nitriles is 1. The summed E-state index contributed by atoms with van der Waals surface area (Å²) in [6.45, 7) is 5.33. The van der Waals surface area contributed by atoms with Gasteiger partial charge in [0.2, 0.25) is 0 Å². The Balaban J connectivity index is 1.70. The average molecular weight is 387 g/mol. The molecule has 1 saturated heterocycles. The summed E-state index contributed by atoms with van der Waals surface area (Å²) in [4.78, 5) is 19.2. The van der Waals surface area contributed by atoms with Crippen LogP contribution in [0.25, 0.3) is 5.69 Å². The molecule has 2 aromatic heterocycles. The molecule has 146 valence electrons. The quantitative estimate of drug-likeness (QED) is 0.690. The monoisotopic (exact) mass is 387 g/mol. The summed E-state index contributed by atoms with van der Waals surface area (Å²) < 4.78 is 7.62. The summed E-state index contributed by atoms with van der Waals surface area (Å²) in [5, 5.41) is 13.7. The molecule has 4 rings (SSSR count). The molecule has 0 radical (unpaired) electrons. The predicted molar refractivity (Wildman–Crippen MR) is 107 cm³/mol. The van der Waals surface area contributed by atoms with Gasteiger partial charge in [-0.05, 0) is 38.1 Å². The number of amides is 1. The number of carbonyl (C=O) groups is 1. The van der Waals surface area contributed by atoms with E-state index in [4.69, 9.17) is 15.1 Å². The molecule has 1 atom stereocenters. The van der Waals surface area contributed by atoms with Crippen molar-refractivity contribution < 1.29 is 9.53 Å². The van der Waals surface area contributed by atoms with Crippen LogP contribution in [0.15, 0.2) is 48.7 Å². The number of carbonyl (C=O) groups excluding carboxylic acids is 1. The zero-order valence-corrected chi connectivity index (χ0v) is 16.4. The standard InChI is InChI=1S/C22H21N5O2/c1-15-21(16(2)27(25-15)18-6-4-3-5-7-18)20-14-29-11-10-26(20)22(28)19-9-8-17(12-23)13-24-19/h3-9,13,20H,10-11,14H2,1-2H3/t20-/m0/s1. The van der Waals surface area contributed by atoms with Gasteiger partial charge in [0.25, 0.3) is 5.91 Å². The lowest BCUT2D eigenvalue weighted by atomic mass is 10.0. The second-order valence-corrected chi connectivity index (χ2v) is 6.97. The van der Waals surface area contributed by atoms with Crippen LogP contribution in [0.3, 0.4) is 0 Å². The average Bonchev–Trinajstić information content (AvgIpc) is 3.07. The number of benzene rings is 1. The summed E-state index contributed by atoms with van der Waals surface area (Å²) in [5.41, 5.74) is 4.57. The molecule has 3 heterocycles. The molecule has 0 unspecified atom stereocenters. The van der Waals surface area contributed by atoms with E-state index in [9.17, 15) is 4.79 Å². The lowest BCUT2D eigenvalue weighted by Gasteiger charge is -2.35. The maximum Gasteiger partial charge on any atom is 0.273 e. The highest BCUT2D eigenvalue weighted by atomic mass is 16.5. The maximum absolute atomic E-state index is 13.2. The van der Waals surface area contributed by atoms with E-state index in [-0.39, 0.29) is 11.9 Å². The van der Waals surface area contributed by atoms with Gasteiger partial charge >= 0.3 is 0 Å². The van der Waals surface area contributed by atoms with E-state index >= 15 is 0 Å². The largest absolute Gasteiger partial charge is 0.377 e. The van der Waals surface area contributed by atoms with Crippen LogP contribution in [0.4, 0.5) is 0 Å². The van der Waals surface area contributed by atoms with Crippen LogP contribution in [0.1, 0.15) is 39.0 Å². The van der Waals surface area contributed by atoms with E-state index in [2.05, 4.69) is 4.98 Å². The van der Waals surface area contributed by atoms with Gasteiger partial charge in [-0.15, -0.1) is 0 Å². The van der Waals surface area contributed by atoms with Gasteiger partial charge in [-0.2, -0.15) is 10.4 Å². The summed E-state index contributed by atoms with van der Waals surface area (Å²) in [6.07, 6.45) is 1.42. The van der Waals surface area contributed by atoms with Crippen molar-refractivity contribution in [3.63, 3.8) is 0 Å². The normalized spacial score (nSPS) is 16.4. The number of hydrogen-bond donors (Lipinski definition) is 0. The van der Waals surface area contributed by atoms with Crippen molar-refractivity contribution in [3.05, 3.63) is 76.9 Å². The van der Waals surface area contributed by atoms with Gasteiger partial charge in [-0.3, -0.25) is 4.79 Å². The Labute approximate surface area is 169 Å². The Hall–Kier alpha value is -3.50. The van der Waals surface area contributed by atoms with Gasteiger partial charge in [0.05, 0.1) is 36.2 Å². The maximum atomic E-state index is 13.2. The zero-order chi connectivity index (χ0) is 20.4. The Morgan fingerprint density at radius 2 is 2.00 bits per heavy atom. The lowest BCUT2D eigenvalue weighted by molar-refractivity contribution is -0.00334. The number of morpholine rings is 1. The molecule has 29 heavy (non-hydrogen) atoms. The third-order valence-electron chi connectivity index (χ3n) is 5.18. The first-order valence-corrected chi connectivity index (χ1v) is 9.46. The predicted octanol–water partition coefficient (Wildman–Crippen LogP) is 2.97. The Kier molecular flexibility index (Phi) is 5.10. The molecule has 0 saturated carbocycles. The number of aromatic nitrogens is 3. The van der Waals surface area contributed by atoms with Crippen LogP contribution in [0, 0.1) is 25.2 Å². The third kappa shape index (κ3) is 3.50. The van der Waals surface area contributed by atoms with Crippen molar-refractivity contribution in [2.75, 3.05) is 19.8 Å². The second kappa shape index (κ2) is 7.86. The van der Waals surface area contributed by atoms with Crippen LogP contribution in [-0.4, -0.2) is 45.3 Å². The van der Waals surface area contributed by atoms with Gasteiger partial charge < -0.3 is 9.64 Å². The fraction of sp³-hybridized carbons (Fsp3) is 0.273. The first kappa shape index (κ1) is 18.8. The highest BCUT2D eigenvalue weighted by Gasteiger charge is 2.33. The molecular formula is C22H21N5O2. The van der Waals surface area contributed by atoms with Crippen LogP contribution >= 0.6 is 0 Å². The molecule has 1 amide bonds. The number of nitrogens with zero attached hydrogens (tertiary/aromatic N) is 5. The molecule has 0 spiro atoms. The van der Waals surface area contributed by atoms with E-state index in [1.165, 1.54) is 6.20 Å². The molecule has 1 fully saturated rings. The highest BCUT2D eigenvalue weighted by Crippen LogP contribution is 2.31. The SMILES string of the molecule is Cc1nn(-c2ccccc2)c(C)c1[C@@H]1COCCN1C(=O)c1ccc(C#N)cn1. The van der Waals surface area contributed by atoms with E-state index in [0.29, 0.717) is 31.0 Å². The second-order valence-electron chi connectivity index (χ2n) is 6.97. The summed E-state index contributed by atoms with van der Waals surface area (Å²) in [7, 11) is 0. The Bertz CT molecular complexity index is 1070. The number of pyridine rings is 1. The fourth-order valence-electron chi connectivity index (χ4n) is 3.78. The minimum Gasteiger partial charge on any atom is -0.377 e. The van der Waals surface area contributed by atoms with Gasteiger partial charge in [0.15, 0.2) is 0 Å². The van der Waals surface area contributed by atoms with Crippen LogP contribution in [0.5, 0.6) is 0 Å². The highest BCUT2D eigenvalue weighted by molar-refractivity contribution is 5.92. The van der Waals surface area contributed by atoms with Crippen molar-refractivity contribution in [2.45, 2.75) is 19.9 Å². The lowest BCUT2D eigenvalue weighted by Crippen LogP contribution is -2.44. The van der Waals surface area contributed by atoms with Crippen molar-refractivity contribution in [1.29, 1.82) is 5.26 Å². The van der Waals surface area contributed by atoms with E-state index < -0.39 is 0 Å². The van der Waals surface area contributed by atoms with Gasteiger partial charge in [0, 0.05) is 24.0 Å². The Morgan fingerprint density at radius 3 is 2.69 bits per heavy atom. The smallest absolute Gasteiger partial charge is 0.273 e. The summed E-state index contributed by atoms with van der Waals surface area (Å²) in [6, 6.07) is 14.9. The van der Waals surface area contributed by atoms with Crippen molar-refractivity contribution in [3.8, 4) is 11.8 Å². The molecule has 7 heteroatoms. The van der Waals surface area contributed by atoms with Gasteiger partial charge in [-0.1, -0.05) is 18.2 Å². The number of ether oxygens (including phenoxy) is 1. The molecule has 3 aromatic rings. The van der Waals surface area contributed by atoms with Crippen LogP contribution in [0.2, 0.25) is 0 Å². The minimum atomic E-state index is -0.244. The molecule has 1 aliphatic rings. The number of aryl methyl sites for hydroxylation is 1. The van der Waals surface area contributed by atoms with E-state index in [1.54, 1.807) is 17.0 Å². The Morgan fingerprint density at radius 1 is 1.21 bits per heavy atom. The first-order valence-electron chi connectivity index (χ1n) is 9.46. The van der Waals surface area contributed by atoms with E-state index in [1.807, 2.05) is 54.9 Å². The van der Waals surface area contributed by atoms with Gasteiger partial charge in [0.1, 0.15) is 11.8 Å². The third-order valence-corrected chi connectivity index (χ3v) is 5.18. The summed E-state index contributed by atoms with van der Waals surface area (Å²) >= 11 is 0. The van der Waals surface area contributed by atoms with Crippen LogP contribution in [-0.2, 0) is 4.74 Å². The molecular weight excluding hydrogens is 366 g/mol. The molecule has 1 aromatic carbocycles. The van der Waals surface area contributed by atoms with Crippen molar-refractivity contribution >= 4 is 5.91 Å². The number of hydrogen-bond acceptors (Lipinski definition) is 5. The fourth-order valence-corrected chi connectivity index (χ4v) is 3.78. The topological polar surface area (TPSA) is 84.0 Å². The minimum absolute atomic E-state index is 0.172. The molecule has 0 bridgehead atoms. The van der Waals surface area contributed by atoms with E-state index in [0.717, 1.165) is 22.6 Å². The number of rotatable bonds is 3. The van der Waals surface area contributed by atoms with Crippen molar-refractivity contribution in [1.82, 2.24) is 19.7 Å². The molecule has 0 N–H and O–H groups in total. The zero-order valence-electron chi connectivity index (χ0n) is 16.4. The summed E-state index contributed by atoms with van der Waals surface area (Å²) in [5.74, 6) is -0.172. The molecule has 1 aliphatic heterocycles. The molecule has 0 aliphatic carbocycles. The van der Waals surface area contributed by atoms with Gasteiger partial charge in [-0.25, -0.2) is 9.67 Å². The number of para-hydroxylation sites is 1. The van der Waals surface area contributed by atoms with Crippen LogP contribution < -0.4 is 0 Å². The van der Waals surface area contributed by atoms with Crippen molar-refractivity contribution in [2.24, 2.45) is 0 Å².